The average Bonchev–Trinajstić information content (AvgIpc) is 2.70. The Labute approximate surface area is 113 Å². The number of carbonyl (C=O) groups is 1. The Morgan fingerprint density at radius 2 is 2.38 bits per heavy atom. The molecular weight excluding hydrogens is 359 g/mol. The van der Waals surface area contributed by atoms with Crippen LogP contribution in [0.3, 0.4) is 0 Å². The molecule has 0 aliphatic heterocycles. The summed E-state index contributed by atoms with van der Waals surface area (Å²) >= 11 is 4.81. The normalized spacial score (nSPS) is 10.3. The quantitative estimate of drug-likeness (QED) is 0.670. The van der Waals surface area contributed by atoms with Gasteiger partial charge in [-0.2, -0.15) is 0 Å². The molecule has 0 bridgehead atoms. The topological polar surface area (TPSA) is 63.1 Å². The van der Waals surface area contributed by atoms with Crippen molar-refractivity contribution in [3.05, 3.63) is 32.4 Å². The fraction of sp³-hybridized carbons (Fsp3) is 0. The molecule has 16 heavy (non-hydrogen) atoms. The first-order chi connectivity index (χ1) is 7.66. The van der Waals surface area contributed by atoms with E-state index in [0.717, 1.165) is 13.5 Å². The molecular formula is C9H5IN2O2S2. The lowest BCUT2D eigenvalue weighted by Crippen LogP contribution is -1.90. The van der Waals surface area contributed by atoms with E-state index in [4.69, 9.17) is 5.11 Å². The first-order valence-electron chi connectivity index (χ1n) is 4.12. The highest BCUT2D eigenvalue weighted by molar-refractivity contribution is 14.1. The predicted molar refractivity (Wildman–Crippen MR) is 70.2 cm³/mol. The van der Waals surface area contributed by atoms with E-state index in [1.54, 1.807) is 12.3 Å². The number of aromatic carboxylic acids is 1. The van der Waals surface area contributed by atoms with Gasteiger partial charge >= 0.3 is 5.97 Å². The number of aromatic nitrogens is 2. The lowest BCUT2D eigenvalue weighted by molar-refractivity contribution is 0.0702. The summed E-state index contributed by atoms with van der Waals surface area (Å²) in [6, 6.07) is 1.65. The average molecular weight is 364 g/mol. The number of halogens is 1. The van der Waals surface area contributed by atoms with Crippen molar-refractivity contribution in [2.45, 2.75) is 9.92 Å². The highest BCUT2D eigenvalue weighted by Crippen LogP contribution is 2.32. The number of hydrogen-bond acceptors (Lipinski definition) is 5. The van der Waals surface area contributed by atoms with Gasteiger partial charge in [0.1, 0.15) is 16.2 Å². The molecule has 0 aromatic carbocycles. The van der Waals surface area contributed by atoms with Crippen LogP contribution in [-0.4, -0.2) is 21.0 Å². The molecule has 0 spiro atoms. The maximum absolute atomic E-state index is 10.7. The van der Waals surface area contributed by atoms with Gasteiger partial charge in [-0.25, -0.2) is 14.8 Å². The summed E-state index contributed by atoms with van der Waals surface area (Å²) in [6.45, 7) is 0. The Kier molecular flexibility index (Phi) is 3.77. The molecule has 4 nitrogen and oxygen atoms in total. The van der Waals surface area contributed by atoms with Gasteiger partial charge in [0.25, 0.3) is 0 Å². The van der Waals surface area contributed by atoms with Crippen LogP contribution in [0.2, 0.25) is 0 Å². The molecule has 0 unspecified atom stereocenters. The van der Waals surface area contributed by atoms with Crippen LogP contribution in [0.5, 0.6) is 0 Å². The standard InChI is InChI=1S/C9H5IN2O2S2/c10-6-2-11-4-12-8(6)16-5-1-7(9(13)14)15-3-5/h1-4H,(H,13,14). The second-order valence-electron chi connectivity index (χ2n) is 2.73. The number of carboxylic acids is 1. The molecule has 0 fully saturated rings. The van der Waals surface area contributed by atoms with Crippen LogP contribution in [0.4, 0.5) is 0 Å². The molecule has 7 heteroatoms. The third kappa shape index (κ3) is 2.71. The van der Waals surface area contributed by atoms with E-state index in [1.165, 1.54) is 29.4 Å². The maximum Gasteiger partial charge on any atom is 0.345 e. The molecule has 82 valence electrons. The number of nitrogens with zero attached hydrogens (tertiary/aromatic N) is 2. The van der Waals surface area contributed by atoms with Crippen LogP contribution in [0, 0.1) is 3.57 Å². The van der Waals surface area contributed by atoms with Crippen molar-refractivity contribution in [1.82, 2.24) is 9.97 Å². The van der Waals surface area contributed by atoms with E-state index in [0.29, 0.717) is 4.88 Å². The van der Waals surface area contributed by atoms with Crippen LogP contribution in [0.15, 0.2) is 33.9 Å². The van der Waals surface area contributed by atoms with E-state index in [2.05, 4.69) is 32.6 Å². The zero-order valence-electron chi connectivity index (χ0n) is 7.75. The Hall–Kier alpha value is -0.670. The predicted octanol–water partition coefficient (Wildman–Crippen LogP) is 2.99. The molecule has 0 saturated carbocycles. The van der Waals surface area contributed by atoms with Crippen LogP contribution in [0.1, 0.15) is 9.67 Å². The summed E-state index contributed by atoms with van der Waals surface area (Å²) in [6.07, 6.45) is 3.20. The van der Waals surface area contributed by atoms with E-state index in [9.17, 15) is 4.79 Å². The molecule has 0 aliphatic carbocycles. The largest absolute Gasteiger partial charge is 0.477 e. The summed E-state index contributed by atoms with van der Waals surface area (Å²) in [5.41, 5.74) is 0. The van der Waals surface area contributed by atoms with E-state index in [1.807, 2.05) is 5.38 Å². The van der Waals surface area contributed by atoms with Crippen LogP contribution >= 0.6 is 45.7 Å². The fourth-order valence-corrected chi connectivity index (χ4v) is 3.27. The maximum atomic E-state index is 10.7. The van der Waals surface area contributed by atoms with Crippen molar-refractivity contribution in [2.24, 2.45) is 0 Å². The molecule has 2 aromatic rings. The monoisotopic (exact) mass is 364 g/mol. The minimum absolute atomic E-state index is 0.339. The van der Waals surface area contributed by atoms with Crippen LogP contribution < -0.4 is 0 Å². The smallest absolute Gasteiger partial charge is 0.345 e. The van der Waals surface area contributed by atoms with Crippen LogP contribution in [-0.2, 0) is 0 Å². The van der Waals surface area contributed by atoms with Crippen molar-refractivity contribution in [1.29, 1.82) is 0 Å². The van der Waals surface area contributed by atoms with Gasteiger partial charge in [0.2, 0.25) is 0 Å². The first kappa shape index (κ1) is 11.8. The fourth-order valence-electron chi connectivity index (χ4n) is 0.973. The van der Waals surface area contributed by atoms with Crippen molar-refractivity contribution in [3.63, 3.8) is 0 Å². The SMILES string of the molecule is O=C(O)c1cc(Sc2ncncc2I)cs1. The lowest BCUT2D eigenvalue weighted by atomic mass is 10.5. The second-order valence-corrected chi connectivity index (χ2v) is 5.87. The minimum Gasteiger partial charge on any atom is -0.477 e. The summed E-state index contributed by atoms with van der Waals surface area (Å²) in [5.74, 6) is -0.894. The molecule has 0 atom stereocenters. The Balaban J connectivity index is 2.21. The van der Waals surface area contributed by atoms with Crippen molar-refractivity contribution >= 4 is 51.7 Å². The van der Waals surface area contributed by atoms with E-state index < -0.39 is 5.97 Å². The number of rotatable bonds is 3. The molecule has 2 heterocycles. The molecule has 2 aromatic heterocycles. The summed E-state index contributed by atoms with van der Waals surface area (Å²) < 4.78 is 0.952. The van der Waals surface area contributed by atoms with Gasteiger partial charge in [-0.1, -0.05) is 11.8 Å². The number of hydrogen-bond donors (Lipinski definition) is 1. The zero-order valence-corrected chi connectivity index (χ0v) is 11.5. The van der Waals surface area contributed by atoms with Gasteiger partial charge in [0, 0.05) is 16.5 Å². The Morgan fingerprint density at radius 3 is 3.00 bits per heavy atom. The zero-order chi connectivity index (χ0) is 11.5. The summed E-state index contributed by atoms with van der Waals surface area (Å²) in [7, 11) is 0. The molecule has 0 amide bonds. The lowest BCUT2D eigenvalue weighted by Gasteiger charge is -1.98. The Bertz CT molecular complexity index is 530. The van der Waals surface area contributed by atoms with E-state index >= 15 is 0 Å². The molecule has 0 radical (unpaired) electrons. The number of carboxylic acid groups (broad SMARTS) is 1. The van der Waals surface area contributed by atoms with Gasteiger partial charge in [-0.15, -0.1) is 11.3 Å². The summed E-state index contributed by atoms with van der Waals surface area (Å²) in [4.78, 5) is 20.0. The Morgan fingerprint density at radius 1 is 1.56 bits per heavy atom. The van der Waals surface area contributed by atoms with Gasteiger partial charge in [-0.05, 0) is 28.7 Å². The van der Waals surface area contributed by atoms with Crippen molar-refractivity contribution < 1.29 is 9.90 Å². The minimum atomic E-state index is -0.894. The van der Waals surface area contributed by atoms with Crippen molar-refractivity contribution in [3.8, 4) is 0 Å². The molecule has 0 saturated heterocycles. The van der Waals surface area contributed by atoms with Gasteiger partial charge in [-0.3, -0.25) is 0 Å². The van der Waals surface area contributed by atoms with Crippen LogP contribution in [0.25, 0.3) is 0 Å². The second kappa shape index (κ2) is 5.11. The van der Waals surface area contributed by atoms with Crippen molar-refractivity contribution in [2.75, 3.05) is 0 Å². The number of thiophene rings is 1. The molecule has 1 N–H and O–H groups in total. The first-order valence-corrected chi connectivity index (χ1v) is 6.89. The van der Waals surface area contributed by atoms with Gasteiger partial charge in [0.15, 0.2) is 0 Å². The highest BCUT2D eigenvalue weighted by Gasteiger charge is 2.09. The van der Waals surface area contributed by atoms with Gasteiger partial charge < -0.3 is 5.11 Å². The van der Waals surface area contributed by atoms with Gasteiger partial charge in [0.05, 0.1) is 3.57 Å². The molecule has 0 aliphatic rings. The third-order valence-electron chi connectivity index (χ3n) is 1.63. The summed E-state index contributed by atoms with van der Waals surface area (Å²) in [5, 5.41) is 11.4. The molecule has 2 rings (SSSR count). The highest BCUT2D eigenvalue weighted by atomic mass is 127. The third-order valence-corrected chi connectivity index (χ3v) is 4.85. The van der Waals surface area contributed by atoms with E-state index in [-0.39, 0.29) is 0 Å².